The van der Waals surface area contributed by atoms with Gasteiger partial charge in [-0.05, 0) is 49.1 Å². The summed E-state index contributed by atoms with van der Waals surface area (Å²) in [5.74, 6) is 0.372. The van der Waals surface area contributed by atoms with Gasteiger partial charge in [-0.2, -0.15) is 0 Å². The van der Waals surface area contributed by atoms with E-state index >= 15 is 0 Å². The van der Waals surface area contributed by atoms with Crippen molar-refractivity contribution in [3.63, 3.8) is 0 Å². The smallest absolute Gasteiger partial charge is 0.222 e. The standard InChI is InChI=1S/C19H22N2O/c1-2-18-9-7-15-19(13-5-3-4-6-14(13)20-15)11-12-21(17(18)19)16(22)8-10-18/h3-6,17H,2,7-12H2,1H3/t17-,18+,19-/m1/s1. The van der Waals surface area contributed by atoms with Crippen molar-refractivity contribution in [2.45, 2.75) is 56.9 Å². The van der Waals surface area contributed by atoms with Crippen LogP contribution in [0.2, 0.25) is 0 Å². The van der Waals surface area contributed by atoms with Crippen molar-refractivity contribution >= 4 is 17.3 Å². The number of carbonyl (C=O) groups excluding carboxylic acids is 1. The third-order valence-corrected chi connectivity index (χ3v) is 6.98. The lowest BCUT2D eigenvalue weighted by Gasteiger charge is -2.55. The quantitative estimate of drug-likeness (QED) is 0.779. The summed E-state index contributed by atoms with van der Waals surface area (Å²) in [7, 11) is 0. The maximum absolute atomic E-state index is 12.5. The van der Waals surface area contributed by atoms with Crippen LogP contribution in [-0.4, -0.2) is 29.1 Å². The molecule has 2 saturated heterocycles. The summed E-state index contributed by atoms with van der Waals surface area (Å²) in [5, 5.41) is 0. The van der Waals surface area contributed by atoms with Crippen LogP contribution in [0.3, 0.4) is 0 Å². The highest BCUT2D eigenvalue weighted by Crippen LogP contribution is 2.62. The van der Waals surface area contributed by atoms with Crippen molar-refractivity contribution in [1.29, 1.82) is 0 Å². The number of carbonyl (C=O) groups is 1. The van der Waals surface area contributed by atoms with E-state index < -0.39 is 0 Å². The summed E-state index contributed by atoms with van der Waals surface area (Å²) in [6.07, 6.45) is 6.38. The normalized spacial score (nSPS) is 38.4. The lowest BCUT2D eigenvalue weighted by Crippen LogP contribution is -2.62. The van der Waals surface area contributed by atoms with Crippen LogP contribution in [0.25, 0.3) is 0 Å². The summed E-state index contributed by atoms with van der Waals surface area (Å²) in [6, 6.07) is 8.99. The average molecular weight is 294 g/mol. The molecule has 1 aliphatic carbocycles. The van der Waals surface area contributed by atoms with Gasteiger partial charge in [0.1, 0.15) is 0 Å². The van der Waals surface area contributed by atoms with Crippen LogP contribution >= 0.6 is 0 Å². The first-order valence-corrected chi connectivity index (χ1v) is 8.68. The van der Waals surface area contributed by atoms with Gasteiger partial charge in [-0.3, -0.25) is 9.79 Å². The molecule has 0 unspecified atom stereocenters. The van der Waals surface area contributed by atoms with Crippen molar-refractivity contribution in [3.8, 4) is 0 Å². The Hall–Kier alpha value is -1.64. The minimum Gasteiger partial charge on any atom is -0.338 e. The number of rotatable bonds is 1. The van der Waals surface area contributed by atoms with E-state index in [0.717, 1.165) is 37.9 Å². The molecule has 0 aromatic heterocycles. The Morgan fingerprint density at radius 2 is 2.05 bits per heavy atom. The minimum absolute atomic E-state index is 0.0287. The van der Waals surface area contributed by atoms with Crippen LogP contribution in [-0.2, 0) is 10.2 Å². The molecule has 114 valence electrons. The molecule has 0 radical (unpaired) electrons. The largest absolute Gasteiger partial charge is 0.338 e. The van der Waals surface area contributed by atoms with Crippen molar-refractivity contribution in [3.05, 3.63) is 29.8 Å². The fourth-order valence-corrected chi connectivity index (χ4v) is 5.97. The SMILES string of the molecule is CC[C@@]12CCC(=O)N3CC[C@@]4(C(=Nc5ccccc54)CC1)[C@H]32. The molecule has 5 rings (SSSR count). The molecule has 1 amide bonds. The molecule has 3 heteroatoms. The second-order valence-electron chi connectivity index (χ2n) is 7.50. The number of amides is 1. The number of fused-ring (bicyclic) bond motifs is 1. The van der Waals surface area contributed by atoms with Crippen LogP contribution in [0, 0.1) is 5.41 Å². The Balaban J connectivity index is 1.77. The number of nitrogens with zero attached hydrogens (tertiary/aromatic N) is 2. The summed E-state index contributed by atoms with van der Waals surface area (Å²) in [6.45, 7) is 3.24. The van der Waals surface area contributed by atoms with Gasteiger partial charge in [-0.15, -0.1) is 0 Å². The lowest BCUT2D eigenvalue weighted by molar-refractivity contribution is -0.142. The molecular formula is C19H22N2O. The Bertz CT molecular complexity index is 709. The molecular weight excluding hydrogens is 272 g/mol. The first-order chi connectivity index (χ1) is 10.7. The summed E-state index contributed by atoms with van der Waals surface area (Å²) >= 11 is 0. The van der Waals surface area contributed by atoms with Crippen LogP contribution < -0.4 is 0 Å². The number of benzene rings is 1. The van der Waals surface area contributed by atoms with Crippen molar-refractivity contribution in [1.82, 2.24) is 4.90 Å². The van der Waals surface area contributed by atoms with Gasteiger partial charge in [-0.25, -0.2) is 0 Å². The molecule has 1 spiro atoms. The van der Waals surface area contributed by atoms with Gasteiger partial charge in [0.05, 0.1) is 17.1 Å². The minimum atomic E-state index is 0.0287. The summed E-state index contributed by atoms with van der Waals surface area (Å²) in [5.41, 5.74) is 4.25. The van der Waals surface area contributed by atoms with Gasteiger partial charge in [0, 0.05) is 18.7 Å². The third-order valence-electron chi connectivity index (χ3n) is 6.98. The predicted molar refractivity (Wildman–Crippen MR) is 86.5 cm³/mol. The van der Waals surface area contributed by atoms with E-state index in [1.54, 1.807) is 0 Å². The van der Waals surface area contributed by atoms with E-state index in [-0.39, 0.29) is 5.41 Å². The molecule has 1 aromatic carbocycles. The van der Waals surface area contributed by atoms with E-state index in [9.17, 15) is 4.79 Å². The van der Waals surface area contributed by atoms with Gasteiger partial charge in [-0.1, -0.05) is 25.1 Å². The van der Waals surface area contributed by atoms with Crippen LogP contribution in [0.15, 0.2) is 29.3 Å². The Morgan fingerprint density at radius 3 is 2.91 bits per heavy atom. The number of hydrogen-bond acceptors (Lipinski definition) is 2. The fraction of sp³-hybridized carbons (Fsp3) is 0.579. The zero-order valence-electron chi connectivity index (χ0n) is 13.1. The molecule has 3 fully saturated rings. The lowest BCUT2D eigenvalue weighted by atomic mass is 9.53. The van der Waals surface area contributed by atoms with Crippen molar-refractivity contribution in [2.75, 3.05) is 6.54 Å². The highest BCUT2D eigenvalue weighted by molar-refractivity contribution is 6.04. The Kier molecular flexibility index (Phi) is 2.34. The molecule has 3 aliphatic heterocycles. The summed E-state index contributed by atoms with van der Waals surface area (Å²) in [4.78, 5) is 19.8. The maximum atomic E-state index is 12.5. The first-order valence-electron chi connectivity index (χ1n) is 8.68. The van der Waals surface area contributed by atoms with E-state index in [2.05, 4.69) is 36.1 Å². The molecule has 1 aromatic rings. The zero-order chi connectivity index (χ0) is 14.9. The summed E-state index contributed by atoms with van der Waals surface area (Å²) < 4.78 is 0. The maximum Gasteiger partial charge on any atom is 0.222 e. The van der Waals surface area contributed by atoms with Gasteiger partial charge in [0.25, 0.3) is 0 Å². The molecule has 3 nitrogen and oxygen atoms in total. The van der Waals surface area contributed by atoms with E-state index in [0.29, 0.717) is 17.4 Å². The second kappa shape index (κ2) is 4.01. The monoisotopic (exact) mass is 294 g/mol. The number of para-hydroxylation sites is 1. The number of hydrogen-bond donors (Lipinski definition) is 0. The fourth-order valence-electron chi connectivity index (χ4n) is 5.97. The van der Waals surface area contributed by atoms with Gasteiger partial charge in [0.2, 0.25) is 5.91 Å². The zero-order valence-corrected chi connectivity index (χ0v) is 13.1. The molecule has 3 atom stereocenters. The molecule has 1 saturated carbocycles. The van der Waals surface area contributed by atoms with Gasteiger partial charge < -0.3 is 4.90 Å². The van der Waals surface area contributed by atoms with Crippen LogP contribution in [0.1, 0.15) is 51.0 Å². The molecule has 0 N–H and O–H groups in total. The third kappa shape index (κ3) is 1.26. The van der Waals surface area contributed by atoms with Crippen molar-refractivity contribution < 1.29 is 4.79 Å². The highest BCUT2D eigenvalue weighted by Gasteiger charge is 2.66. The average Bonchev–Trinajstić information content (AvgIpc) is 3.11. The molecule has 4 aliphatic rings. The van der Waals surface area contributed by atoms with E-state index in [4.69, 9.17) is 4.99 Å². The van der Waals surface area contributed by atoms with Gasteiger partial charge >= 0.3 is 0 Å². The van der Waals surface area contributed by atoms with E-state index in [1.165, 1.54) is 24.1 Å². The predicted octanol–water partition coefficient (Wildman–Crippen LogP) is 3.60. The van der Waals surface area contributed by atoms with Crippen molar-refractivity contribution in [2.24, 2.45) is 10.4 Å². The topological polar surface area (TPSA) is 32.7 Å². The van der Waals surface area contributed by atoms with E-state index in [1.807, 2.05) is 0 Å². The second-order valence-corrected chi connectivity index (χ2v) is 7.50. The Labute approximate surface area is 131 Å². The molecule has 22 heavy (non-hydrogen) atoms. The first kappa shape index (κ1) is 12.9. The van der Waals surface area contributed by atoms with Gasteiger partial charge in [0.15, 0.2) is 0 Å². The molecule has 3 heterocycles. The number of piperidine rings is 1. The number of aliphatic imine (C=N–C) groups is 1. The van der Waals surface area contributed by atoms with Crippen LogP contribution in [0.5, 0.6) is 0 Å². The molecule has 0 bridgehead atoms. The van der Waals surface area contributed by atoms with Crippen LogP contribution in [0.4, 0.5) is 5.69 Å². The Morgan fingerprint density at radius 1 is 1.23 bits per heavy atom. The highest BCUT2D eigenvalue weighted by atomic mass is 16.2.